The fourth-order valence-electron chi connectivity index (χ4n) is 3.18. The maximum absolute atomic E-state index is 13.0. The van der Waals surface area contributed by atoms with Gasteiger partial charge in [0.05, 0.1) is 33.1 Å². The molecule has 1 aromatic heterocycles. The molecule has 0 saturated heterocycles. The Balaban J connectivity index is 1.80. The molecule has 11 nitrogen and oxygen atoms in total. The van der Waals surface area contributed by atoms with E-state index in [4.69, 9.17) is 17.4 Å². The van der Waals surface area contributed by atoms with Crippen LogP contribution in [0.3, 0.4) is 0 Å². The number of phenolic OH excluding ortho intramolecular Hbond substituents is 1. The molecule has 3 rings (SSSR count). The van der Waals surface area contributed by atoms with Crippen LogP contribution < -0.4 is 16.5 Å². The van der Waals surface area contributed by atoms with E-state index in [0.29, 0.717) is 0 Å². The van der Waals surface area contributed by atoms with Gasteiger partial charge in [-0.05, 0) is 31.5 Å². The summed E-state index contributed by atoms with van der Waals surface area (Å²) in [6.07, 6.45) is 2.39. The molecule has 2 aromatic carbocycles. The molecule has 0 spiro atoms. The highest BCUT2D eigenvalue weighted by molar-refractivity contribution is 7.92. The molecule has 0 saturated carbocycles. The number of anilines is 2. The first-order valence-electron chi connectivity index (χ1n) is 10.2. The Morgan fingerprint density at radius 2 is 1.89 bits per heavy atom. The molecule has 0 fully saturated rings. The number of aryl methyl sites for hydroxylation is 1. The summed E-state index contributed by atoms with van der Waals surface area (Å²) in [4.78, 5) is 25.4. The van der Waals surface area contributed by atoms with Crippen molar-refractivity contribution in [2.24, 2.45) is 10.9 Å². The van der Waals surface area contributed by atoms with Crippen molar-refractivity contribution in [3.05, 3.63) is 65.0 Å². The first kappa shape index (κ1) is 25.7. The highest BCUT2D eigenvalue weighted by Crippen LogP contribution is 2.34. The number of sulfone groups is 1. The van der Waals surface area contributed by atoms with Crippen LogP contribution in [0.4, 0.5) is 11.4 Å². The molecule has 1 heterocycles. The number of amides is 2. The first-order valence-corrected chi connectivity index (χ1v) is 12.1. The lowest BCUT2D eigenvalue weighted by Gasteiger charge is -2.17. The van der Waals surface area contributed by atoms with E-state index in [2.05, 4.69) is 25.4 Å². The summed E-state index contributed by atoms with van der Waals surface area (Å²) in [5.74, 6) is 3.21. The molecule has 0 aliphatic heterocycles. The van der Waals surface area contributed by atoms with Crippen LogP contribution in [0.1, 0.15) is 24.5 Å². The van der Waals surface area contributed by atoms with E-state index in [-0.39, 0.29) is 39.0 Å². The minimum Gasteiger partial charge on any atom is -0.506 e. The monoisotopic (exact) mass is 519 g/mol. The van der Waals surface area contributed by atoms with Gasteiger partial charge in [-0.2, -0.15) is 5.10 Å². The van der Waals surface area contributed by atoms with Crippen LogP contribution in [-0.4, -0.2) is 41.5 Å². The molecule has 1 atom stereocenters. The SMILES string of the molecule is CCC(C(=O)Nc1cc(O)c(NC(=O)C(=NN)c2cnoc2)cc1Cl)S(=O)(=O)c1ccc(C)cc1. The average Bonchev–Trinajstić information content (AvgIpc) is 3.32. The van der Waals surface area contributed by atoms with Crippen LogP contribution in [0, 0.1) is 6.92 Å². The van der Waals surface area contributed by atoms with Crippen molar-refractivity contribution in [1.29, 1.82) is 0 Å². The zero-order valence-corrected chi connectivity index (χ0v) is 20.2. The zero-order valence-electron chi connectivity index (χ0n) is 18.6. The second kappa shape index (κ2) is 10.6. The minimum atomic E-state index is -3.98. The van der Waals surface area contributed by atoms with Crippen LogP contribution in [0.25, 0.3) is 0 Å². The fourth-order valence-corrected chi connectivity index (χ4v) is 5.01. The van der Waals surface area contributed by atoms with Gasteiger partial charge >= 0.3 is 0 Å². The van der Waals surface area contributed by atoms with Gasteiger partial charge in [0.15, 0.2) is 15.5 Å². The van der Waals surface area contributed by atoms with E-state index < -0.39 is 32.7 Å². The summed E-state index contributed by atoms with van der Waals surface area (Å²) in [5.41, 5.74) is 0.722. The molecule has 0 bridgehead atoms. The molecule has 0 aliphatic rings. The normalized spacial score (nSPS) is 12.7. The number of phenols is 1. The first-order chi connectivity index (χ1) is 16.6. The number of nitrogens with one attached hydrogen (secondary N) is 2. The van der Waals surface area contributed by atoms with Gasteiger partial charge in [-0.25, -0.2) is 8.42 Å². The number of hydrogen-bond acceptors (Lipinski definition) is 9. The smallest absolute Gasteiger partial charge is 0.276 e. The van der Waals surface area contributed by atoms with Crippen molar-refractivity contribution in [1.82, 2.24) is 5.16 Å². The maximum Gasteiger partial charge on any atom is 0.276 e. The zero-order chi connectivity index (χ0) is 25.8. The van der Waals surface area contributed by atoms with E-state index in [1.54, 1.807) is 19.1 Å². The van der Waals surface area contributed by atoms with Gasteiger partial charge in [-0.1, -0.05) is 41.4 Å². The van der Waals surface area contributed by atoms with Crippen molar-refractivity contribution in [3.63, 3.8) is 0 Å². The average molecular weight is 520 g/mol. The van der Waals surface area contributed by atoms with Crippen LogP contribution in [0.15, 0.2) is 63.4 Å². The van der Waals surface area contributed by atoms with Crippen molar-refractivity contribution >= 4 is 50.3 Å². The molecule has 0 aliphatic carbocycles. The van der Waals surface area contributed by atoms with Gasteiger partial charge in [0.2, 0.25) is 5.91 Å². The number of aromatic nitrogens is 1. The summed E-state index contributed by atoms with van der Waals surface area (Å²) < 4.78 is 30.7. The molecule has 13 heteroatoms. The summed E-state index contributed by atoms with van der Waals surface area (Å²) in [6, 6.07) is 8.43. The van der Waals surface area contributed by atoms with Crippen molar-refractivity contribution in [2.45, 2.75) is 30.4 Å². The third kappa shape index (κ3) is 5.61. The molecule has 184 valence electrons. The standard InChI is InChI=1S/C22H22ClN5O6S/c1-3-19(35(32,33)14-6-4-12(2)5-7-14)21(30)26-16-9-18(29)17(8-15(16)23)27-22(31)20(28-24)13-10-25-34-11-13/h4-11,19,29H,3,24H2,1-2H3,(H,26,30)(H,27,31). The molecule has 1 unspecified atom stereocenters. The fraction of sp³-hybridized carbons (Fsp3) is 0.182. The molecular weight excluding hydrogens is 498 g/mol. The van der Waals surface area contributed by atoms with Crippen LogP contribution in [0.2, 0.25) is 5.02 Å². The lowest BCUT2D eigenvalue weighted by Crippen LogP contribution is -2.34. The Labute approximate surface area is 205 Å². The van der Waals surface area contributed by atoms with E-state index in [9.17, 15) is 23.1 Å². The third-order valence-electron chi connectivity index (χ3n) is 5.03. The number of hydrazone groups is 1. The Kier molecular flexibility index (Phi) is 7.77. The van der Waals surface area contributed by atoms with E-state index in [1.165, 1.54) is 24.4 Å². The maximum atomic E-state index is 13.0. The Bertz CT molecular complexity index is 1370. The number of aromatic hydroxyl groups is 1. The van der Waals surface area contributed by atoms with Gasteiger partial charge in [0.1, 0.15) is 17.3 Å². The largest absolute Gasteiger partial charge is 0.506 e. The molecule has 35 heavy (non-hydrogen) atoms. The predicted octanol–water partition coefficient (Wildman–Crippen LogP) is 2.83. The topological polar surface area (TPSA) is 177 Å². The van der Waals surface area contributed by atoms with E-state index in [0.717, 1.165) is 17.9 Å². The summed E-state index contributed by atoms with van der Waals surface area (Å²) >= 11 is 6.23. The molecule has 0 radical (unpaired) electrons. The number of nitrogens with two attached hydrogens (primary N) is 1. The van der Waals surface area contributed by atoms with Crippen LogP contribution in [0.5, 0.6) is 5.75 Å². The molecule has 5 N–H and O–H groups in total. The minimum absolute atomic E-state index is 0.00382. The lowest BCUT2D eigenvalue weighted by atomic mass is 10.2. The number of benzene rings is 2. The summed E-state index contributed by atoms with van der Waals surface area (Å²) in [6.45, 7) is 3.39. The van der Waals surface area contributed by atoms with Crippen molar-refractivity contribution in [2.75, 3.05) is 10.6 Å². The number of carbonyl (C=O) groups excluding carboxylic acids is 2. The predicted molar refractivity (Wildman–Crippen MR) is 130 cm³/mol. The van der Waals surface area contributed by atoms with Crippen LogP contribution in [-0.2, 0) is 19.4 Å². The number of nitrogens with zero attached hydrogens (tertiary/aromatic N) is 2. The Morgan fingerprint density at radius 3 is 2.46 bits per heavy atom. The molecule has 3 aromatic rings. The molecule has 2 amide bonds. The second-order valence-electron chi connectivity index (χ2n) is 7.44. The summed E-state index contributed by atoms with van der Waals surface area (Å²) in [5, 5.41) is 20.6. The van der Waals surface area contributed by atoms with Gasteiger partial charge in [0.25, 0.3) is 5.91 Å². The van der Waals surface area contributed by atoms with Gasteiger partial charge in [-0.3, -0.25) is 9.59 Å². The third-order valence-corrected chi connectivity index (χ3v) is 7.57. The quantitative estimate of drug-likeness (QED) is 0.152. The Morgan fingerprint density at radius 1 is 1.20 bits per heavy atom. The highest BCUT2D eigenvalue weighted by atomic mass is 35.5. The second-order valence-corrected chi connectivity index (χ2v) is 9.98. The molecular formula is C22H22ClN5O6S. The number of carbonyl (C=O) groups is 2. The van der Waals surface area contributed by atoms with E-state index >= 15 is 0 Å². The van der Waals surface area contributed by atoms with Crippen LogP contribution >= 0.6 is 11.6 Å². The van der Waals surface area contributed by atoms with E-state index in [1.807, 2.05) is 6.92 Å². The lowest BCUT2D eigenvalue weighted by molar-refractivity contribution is -0.116. The van der Waals surface area contributed by atoms with Crippen molar-refractivity contribution in [3.8, 4) is 5.75 Å². The van der Waals surface area contributed by atoms with Gasteiger partial charge in [-0.15, -0.1) is 0 Å². The number of rotatable bonds is 8. The highest BCUT2D eigenvalue weighted by Gasteiger charge is 2.33. The van der Waals surface area contributed by atoms with Crippen molar-refractivity contribution < 1.29 is 27.6 Å². The van der Waals surface area contributed by atoms with Gasteiger partial charge in [0, 0.05) is 6.07 Å². The van der Waals surface area contributed by atoms with Gasteiger partial charge < -0.3 is 26.1 Å². The summed E-state index contributed by atoms with van der Waals surface area (Å²) in [7, 11) is -3.98. The Hall–Kier alpha value is -3.90. The number of halogens is 1. The number of hydrogen-bond donors (Lipinski definition) is 4.